The van der Waals surface area contributed by atoms with Crippen LogP contribution >= 0.6 is 0 Å². The number of aldehydes is 1. The zero-order chi connectivity index (χ0) is 9.60. The predicted octanol–water partition coefficient (Wildman–Crippen LogP) is 2.31. The van der Waals surface area contributed by atoms with Gasteiger partial charge in [-0.1, -0.05) is 19.3 Å². The molecule has 0 N–H and O–H groups in total. The zero-order valence-corrected chi connectivity index (χ0v) is 8.58. The summed E-state index contributed by atoms with van der Waals surface area (Å²) >= 11 is 0. The van der Waals surface area contributed by atoms with Gasteiger partial charge in [0.05, 0.1) is 17.6 Å². The van der Waals surface area contributed by atoms with Crippen molar-refractivity contribution in [3.8, 4) is 0 Å². The van der Waals surface area contributed by atoms with Gasteiger partial charge in [-0.15, -0.1) is 0 Å². The summed E-state index contributed by atoms with van der Waals surface area (Å²) in [6, 6.07) is 0. The molecule has 2 aliphatic heterocycles. The first-order chi connectivity index (χ1) is 6.82. The maximum Gasteiger partial charge on any atom is 0.128 e. The van der Waals surface area contributed by atoms with Crippen molar-refractivity contribution in [2.75, 3.05) is 0 Å². The molecule has 1 aliphatic carbocycles. The van der Waals surface area contributed by atoms with Gasteiger partial charge in [-0.2, -0.15) is 0 Å². The largest absolute Gasteiger partial charge is 0.374 e. The Morgan fingerprint density at radius 2 is 2.14 bits per heavy atom. The highest BCUT2D eigenvalue weighted by Crippen LogP contribution is 2.52. The first kappa shape index (κ1) is 8.90. The van der Waals surface area contributed by atoms with Gasteiger partial charge in [-0.25, -0.2) is 0 Å². The molecule has 0 spiro atoms. The van der Waals surface area contributed by atoms with Crippen LogP contribution in [-0.4, -0.2) is 18.5 Å². The lowest BCUT2D eigenvalue weighted by atomic mass is 9.66. The summed E-state index contributed by atoms with van der Waals surface area (Å²) in [5.41, 5.74) is -0.0754. The number of hydrogen-bond donors (Lipinski definition) is 0. The van der Waals surface area contributed by atoms with Crippen molar-refractivity contribution in [2.24, 2.45) is 11.3 Å². The molecule has 3 fully saturated rings. The quantitative estimate of drug-likeness (QED) is 0.644. The summed E-state index contributed by atoms with van der Waals surface area (Å²) in [7, 11) is 0. The Morgan fingerprint density at radius 1 is 1.29 bits per heavy atom. The van der Waals surface area contributed by atoms with Crippen LogP contribution in [0.2, 0.25) is 0 Å². The average molecular weight is 194 g/mol. The molecular formula is C12H18O2. The minimum absolute atomic E-state index is 0.0754. The number of carbonyl (C=O) groups is 1. The summed E-state index contributed by atoms with van der Waals surface area (Å²) in [5.74, 6) is 0.822. The van der Waals surface area contributed by atoms with Crippen LogP contribution in [0.25, 0.3) is 0 Å². The van der Waals surface area contributed by atoms with Gasteiger partial charge >= 0.3 is 0 Å². The van der Waals surface area contributed by atoms with E-state index in [0.717, 1.165) is 25.2 Å². The third-order valence-corrected chi connectivity index (χ3v) is 4.48. The van der Waals surface area contributed by atoms with E-state index in [1.807, 2.05) is 0 Å². The van der Waals surface area contributed by atoms with Crippen molar-refractivity contribution in [2.45, 2.75) is 57.2 Å². The van der Waals surface area contributed by atoms with Gasteiger partial charge in [0.2, 0.25) is 0 Å². The van der Waals surface area contributed by atoms with Crippen LogP contribution in [0, 0.1) is 11.3 Å². The van der Waals surface area contributed by atoms with Crippen molar-refractivity contribution in [1.82, 2.24) is 0 Å². The van der Waals surface area contributed by atoms with Crippen molar-refractivity contribution in [3.63, 3.8) is 0 Å². The molecule has 3 rings (SSSR count). The standard InChI is InChI=1S/C12H18O2/c13-8-12(6-9-2-1-3-9)7-10-4-5-11(12)14-10/h8-11H,1-7H2. The van der Waals surface area contributed by atoms with Crippen LogP contribution in [0.15, 0.2) is 0 Å². The zero-order valence-electron chi connectivity index (χ0n) is 8.58. The average Bonchev–Trinajstić information content (AvgIpc) is 2.71. The minimum atomic E-state index is -0.0754. The number of fused-ring (bicyclic) bond motifs is 2. The Bertz CT molecular complexity index is 247. The van der Waals surface area contributed by atoms with E-state index in [2.05, 4.69) is 0 Å². The molecule has 2 saturated heterocycles. The molecule has 1 saturated carbocycles. The molecule has 2 bridgehead atoms. The van der Waals surface area contributed by atoms with Crippen LogP contribution in [0.5, 0.6) is 0 Å². The molecule has 2 heterocycles. The van der Waals surface area contributed by atoms with E-state index < -0.39 is 0 Å². The van der Waals surface area contributed by atoms with E-state index in [1.54, 1.807) is 0 Å². The number of rotatable bonds is 3. The first-order valence-corrected chi connectivity index (χ1v) is 5.94. The molecular weight excluding hydrogens is 176 g/mol. The first-order valence-electron chi connectivity index (χ1n) is 5.94. The molecule has 0 aromatic rings. The van der Waals surface area contributed by atoms with Gasteiger partial charge in [-0.05, 0) is 31.6 Å². The highest BCUT2D eigenvalue weighted by atomic mass is 16.5. The summed E-state index contributed by atoms with van der Waals surface area (Å²) < 4.78 is 5.82. The molecule has 78 valence electrons. The monoisotopic (exact) mass is 194 g/mol. The Morgan fingerprint density at radius 3 is 2.57 bits per heavy atom. The summed E-state index contributed by atoms with van der Waals surface area (Å²) in [4.78, 5) is 11.3. The van der Waals surface area contributed by atoms with Crippen LogP contribution in [-0.2, 0) is 9.53 Å². The Kier molecular flexibility index (Phi) is 1.94. The van der Waals surface area contributed by atoms with E-state index in [4.69, 9.17) is 4.74 Å². The van der Waals surface area contributed by atoms with Gasteiger partial charge < -0.3 is 9.53 Å². The summed E-state index contributed by atoms with van der Waals surface area (Å²) in [6.45, 7) is 0. The molecule has 0 radical (unpaired) electrons. The van der Waals surface area contributed by atoms with E-state index in [9.17, 15) is 4.79 Å². The topological polar surface area (TPSA) is 26.3 Å². The molecule has 0 aromatic heterocycles. The maximum atomic E-state index is 11.3. The normalized spacial score (nSPS) is 46.6. The fourth-order valence-corrected chi connectivity index (χ4v) is 3.46. The molecule has 0 aromatic carbocycles. The molecule has 3 atom stereocenters. The van der Waals surface area contributed by atoms with Crippen LogP contribution < -0.4 is 0 Å². The molecule has 2 nitrogen and oxygen atoms in total. The molecule has 14 heavy (non-hydrogen) atoms. The van der Waals surface area contributed by atoms with Gasteiger partial charge in [0.1, 0.15) is 6.29 Å². The molecule has 3 aliphatic rings. The van der Waals surface area contributed by atoms with Crippen molar-refractivity contribution in [3.05, 3.63) is 0 Å². The van der Waals surface area contributed by atoms with Gasteiger partial charge in [0.15, 0.2) is 0 Å². The second kappa shape index (κ2) is 3.06. The van der Waals surface area contributed by atoms with Gasteiger partial charge in [-0.3, -0.25) is 0 Å². The van der Waals surface area contributed by atoms with E-state index in [1.165, 1.54) is 32.0 Å². The summed E-state index contributed by atoms with van der Waals surface area (Å²) in [6.07, 6.45) is 10.4. The Balaban J connectivity index is 1.74. The predicted molar refractivity (Wildman–Crippen MR) is 53.0 cm³/mol. The van der Waals surface area contributed by atoms with Crippen LogP contribution in [0.1, 0.15) is 44.9 Å². The third kappa shape index (κ3) is 1.16. The smallest absolute Gasteiger partial charge is 0.128 e. The highest BCUT2D eigenvalue weighted by molar-refractivity contribution is 5.62. The fraction of sp³-hybridized carbons (Fsp3) is 0.917. The Labute approximate surface area is 85.0 Å². The van der Waals surface area contributed by atoms with Gasteiger partial charge in [0, 0.05) is 0 Å². The van der Waals surface area contributed by atoms with E-state index >= 15 is 0 Å². The van der Waals surface area contributed by atoms with Crippen molar-refractivity contribution in [1.29, 1.82) is 0 Å². The lowest BCUT2D eigenvalue weighted by molar-refractivity contribution is -0.120. The van der Waals surface area contributed by atoms with E-state index in [0.29, 0.717) is 6.10 Å². The SMILES string of the molecule is O=CC1(CC2CCC2)CC2CCC1O2. The lowest BCUT2D eigenvalue weighted by Gasteiger charge is -2.36. The second-order valence-electron chi connectivity index (χ2n) is 5.38. The highest BCUT2D eigenvalue weighted by Gasteiger charge is 2.53. The van der Waals surface area contributed by atoms with E-state index in [-0.39, 0.29) is 11.5 Å². The minimum Gasteiger partial charge on any atom is -0.374 e. The third-order valence-electron chi connectivity index (χ3n) is 4.48. The molecule has 0 amide bonds. The molecule has 3 unspecified atom stereocenters. The van der Waals surface area contributed by atoms with Crippen molar-refractivity contribution < 1.29 is 9.53 Å². The number of carbonyl (C=O) groups excluding carboxylic acids is 1. The summed E-state index contributed by atoms with van der Waals surface area (Å²) in [5, 5.41) is 0. The Hall–Kier alpha value is -0.370. The molecule has 2 heteroatoms. The second-order valence-corrected chi connectivity index (χ2v) is 5.38. The number of hydrogen-bond acceptors (Lipinski definition) is 2. The van der Waals surface area contributed by atoms with Gasteiger partial charge in [0.25, 0.3) is 0 Å². The fourth-order valence-electron chi connectivity index (χ4n) is 3.46. The maximum absolute atomic E-state index is 11.3. The number of ether oxygens (including phenoxy) is 1. The van der Waals surface area contributed by atoms with Crippen LogP contribution in [0.3, 0.4) is 0 Å². The van der Waals surface area contributed by atoms with Crippen LogP contribution in [0.4, 0.5) is 0 Å². The lowest BCUT2D eigenvalue weighted by Crippen LogP contribution is -2.37. The van der Waals surface area contributed by atoms with Crippen molar-refractivity contribution >= 4 is 6.29 Å².